The van der Waals surface area contributed by atoms with E-state index in [0.717, 1.165) is 51.2 Å². The maximum Gasteiger partial charge on any atom is 0.333 e. The maximum absolute atomic E-state index is 12.4. The molecular weight excluding hydrogens is 831 g/mol. The number of hydrogen-bond acceptors (Lipinski definition) is 8. The number of fused-ring (bicyclic) bond motifs is 6. The lowest BCUT2D eigenvalue weighted by molar-refractivity contribution is -0.669. The van der Waals surface area contributed by atoms with Crippen molar-refractivity contribution in [1.82, 2.24) is 0 Å². The molecule has 9 rings (SSSR count). The van der Waals surface area contributed by atoms with Crippen LogP contribution in [0.3, 0.4) is 0 Å². The van der Waals surface area contributed by atoms with E-state index in [9.17, 15) is 9.59 Å². The molecule has 7 nitrogen and oxygen atoms in total. The molecule has 0 saturated heterocycles. The van der Waals surface area contributed by atoms with Crippen LogP contribution in [0, 0.1) is 0 Å². The summed E-state index contributed by atoms with van der Waals surface area (Å²) in [5.74, 6) is -0.774. The number of anilines is 3. The smallest absolute Gasteiger partial charge is 0.333 e. The van der Waals surface area contributed by atoms with Crippen LogP contribution in [0.15, 0.2) is 203 Å². The summed E-state index contributed by atoms with van der Waals surface area (Å²) in [6, 6.07) is 46.7. The summed E-state index contributed by atoms with van der Waals surface area (Å²) in [6.45, 7) is 12.3. The fourth-order valence-corrected chi connectivity index (χ4v) is 10.8. The van der Waals surface area contributed by atoms with Crippen LogP contribution in [0.1, 0.15) is 31.7 Å². The molecule has 0 saturated carbocycles. The van der Waals surface area contributed by atoms with E-state index < -0.39 is 0 Å². The Morgan fingerprint density at radius 3 is 2.00 bits per heavy atom. The van der Waals surface area contributed by atoms with Gasteiger partial charge in [-0.05, 0) is 103 Å². The fraction of sp³-hybridized carbons (Fsp3) is 0.145. The summed E-state index contributed by atoms with van der Waals surface area (Å²) in [4.78, 5) is 30.7. The van der Waals surface area contributed by atoms with E-state index in [1.807, 2.05) is 0 Å². The average molecular weight is 879 g/mol. The third-order valence-corrected chi connectivity index (χ3v) is 13.8. The first-order chi connectivity index (χ1) is 31.2. The number of benzene rings is 6. The third kappa shape index (κ3) is 8.69. The first-order valence-corrected chi connectivity index (χ1v) is 23.1. The van der Waals surface area contributed by atoms with E-state index in [0.29, 0.717) is 24.2 Å². The largest absolute Gasteiger partial charge is 0.460 e. The van der Waals surface area contributed by atoms with Crippen LogP contribution < -0.4 is 14.4 Å². The Balaban J connectivity index is 1.16. The number of allylic oxidation sites excluding steroid dienone is 5. The summed E-state index contributed by atoms with van der Waals surface area (Å²) >= 11 is 3.50. The molecule has 2 aliphatic rings. The van der Waals surface area contributed by atoms with Crippen molar-refractivity contribution in [2.24, 2.45) is 0 Å². The van der Waals surface area contributed by atoms with E-state index in [4.69, 9.17) is 9.47 Å². The van der Waals surface area contributed by atoms with Gasteiger partial charge in [-0.2, -0.15) is 4.57 Å². The highest BCUT2D eigenvalue weighted by atomic mass is 32.2. The quantitative estimate of drug-likeness (QED) is 0.0612. The first kappa shape index (κ1) is 42.4. The van der Waals surface area contributed by atoms with Crippen molar-refractivity contribution in [1.29, 1.82) is 0 Å². The Labute approximate surface area is 382 Å². The van der Waals surface area contributed by atoms with Crippen LogP contribution in [-0.4, -0.2) is 31.7 Å². The molecule has 1 aliphatic carbocycles. The molecule has 0 fully saturated rings. The highest BCUT2D eigenvalue weighted by Gasteiger charge is 2.30. The van der Waals surface area contributed by atoms with Crippen LogP contribution in [0.2, 0.25) is 0 Å². The number of para-hydroxylation sites is 2. The number of ether oxygens (including phenoxy) is 2. The summed E-state index contributed by atoms with van der Waals surface area (Å²) < 4.78 is 14.7. The number of carbonyl (C=O) groups is 2. The molecule has 9 heteroatoms. The second kappa shape index (κ2) is 18.8. The van der Waals surface area contributed by atoms with Crippen LogP contribution in [0.25, 0.3) is 37.8 Å². The fourth-order valence-electron chi connectivity index (χ4n) is 8.30. The Morgan fingerprint density at radius 1 is 0.703 bits per heavy atom. The minimum absolute atomic E-state index is 0.228. The number of hydrogen-bond donors (Lipinski definition) is 0. The zero-order valence-electron chi connectivity index (χ0n) is 36.0. The molecule has 1 aromatic heterocycles. The van der Waals surface area contributed by atoms with Gasteiger partial charge in [-0.25, -0.2) is 9.59 Å². The van der Waals surface area contributed by atoms with E-state index in [1.54, 1.807) is 36.9 Å². The zero-order valence-corrected chi connectivity index (χ0v) is 37.6. The van der Waals surface area contributed by atoms with Crippen molar-refractivity contribution < 1.29 is 23.6 Å². The number of carbonyl (C=O) groups excluding carboxylic acids is 2. The standard InChI is InChI=1S/C55H48N3O4S2/c1-37(2)54(59)61-35-33-56-47-29-25-39-15-11-13-21-45(39)52(47)63-49(56)31-27-41-23-24-42(51(41)58(43-17-7-5-8-18-43)44-19-9-6-10-20-44)28-32-50-57(34-36-62-55(60)38(3)4)48-30-26-40-16-12-14-22-46(40)53(48)64-50/h5-22,25-32H,1,3,23-24,33-36H2,2,4H3/q+1. The molecule has 0 atom stereocenters. The van der Waals surface area contributed by atoms with Gasteiger partial charge >= 0.3 is 11.9 Å². The van der Waals surface area contributed by atoms with E-state index >= 15 is 0 Å². The third-order valence-electron chi connectivity index (χ3n) is 11.4. The molecule has 0 amide bonds. The van der Waals surface area contributed by atoms with E-state index in [-0.39, 0.29) is 25.2 Å². The predicted octanol–water partition coefficient (Wildman–Crippen LogP) is 13.0. The zero-order chi connectivity index (χ0) is 44.2. The number of thiazole rings is 1. The minimum atomic E-state index is -0.387. The molecule has 7 aromatic rings. The second-order valence-electron chi connectivity index (χ2n) is 15.9. The lowest BCUT2D eigenvalue weighted by Crippen LogP contribution is -2.37. The molecule has 0 bridgehead atoms. The highest BCUT2D eigenvalue weighted by Crippen LogP contribution is 2.50. The molecule has 318 valence electrons. The molecule has 1 aliphatic heterocycles. The van der Waals surface area contributed by atoms with Gasteiger partial charge in [0.15, 0.2) is 13.2 Å². The summed E-state index contributed by atoms with van der Waals surface area (Å²) in [7, 11) is 0. The normalized spacial score (nSPS) is 14.9. The van der Waals surface area contributed by atoms with Gasteiger partial charge in [-0.15, -0.1) is 0 Å². The van der Waals surface area contributed by atoms with Crippen molar-refractivity contribution in [2.45, 2.75) is 38.1 Å². The van der Waals surface area contributed by atoms with Gasteiger partial charge in [0.25, 0.3) is 5.01 Å². The van der Waals surface area contributed by atoms with Crippen molar-refractivity contribution in [3.05, 3.63) is 203 Å². The number of esters is 2. The van der Waals surface area contributed by atoms with Gasteiger partial charge < -0.3 is 19.3 Å². The van der Waals surface area contributed by atoms with Crippen LogP contribution in [0.4, 0.5) is 17.1 Å². The molecule has 0 spiro atoms. The Kier molecular flexibility index (Phi) is 12.4. The Hall–Kier alpha value is -6.94. The number of thioether (sulfide) groups is 1. The molecule has 0 N–H and O–H groups in total. The van der Waals surface area contributed by atoms with Crippen LogP contribution in [0.5, 0.6) is 0 Å². The van der Waals surface area contributed by atoms with Gasteiger partial charge in [0.2, 0.25) is 5.52 Å². The van der Waals surface area contributed by atoms with Crippen LogP contribution >= 0.6 is 23.1 Å². The van der Waals surface area contributed by atoms with Gasteiger partial charge in [0.1, 0.15) is 11.3 Å². The summed E-state index contributed by atoms with van der Waals surface area (Å²) in [5, 5.41) is 6.87. The summed E-state index contributed by atoms with van der Waals surface area (Å²) in [6.07, 6.45) is 10.7. The first-order valence-electron chi connectivity index (χ1n) is 21.4. The second-order valence-corrected chi connectivity index (χ2v) is 17.9. The average Bonchev–Trinajstić information content (AvgIpc) is 4.01. The highest BCUT2D eigenvalue weighted by molar-refractivity contribution is 8.04. The molecule has 6 aromatic carbocycles. The molecule has 0 radical (unpaired) electrons. The van der Waals surface area contributed by atoms with Crippen molar-refractivity contribution >= 4 is 89.9 Å². The minimum Gasteiger partial charge on any atom is -0.460 e. The molecule has 64 heavy (non-hydrogen) atoms. The summed E-state index contributed by atoms with van der Waals surface area (Å²) in [5.41, 5.74) is 8.63. The molecular formula is C55H48N3O4S2+. The monoisotopic (exact) mass is 878 g/mol. The Bertz CT molecular complexity index is 3050. The number of aromatic nitrogens is 1. The van der Waals surface area contributed by atoms with Crippen LogP contribution in [-0.2, 0) is 25.6 Å². The number of nitrogens with zero attached hydrogens (tertiary/aromatic N) is 3. The van der Waals surface area contributed by atoms with Gasteiger partial charge in [-0.3, -0.25) is 0 Å². The lowest BCUT2D eigenvalue weighted by atomic mass is 10.1. The van der Waals surface area contributed by atoms with E-state index in [2.05, 4.69) is 185 Å². The van der Waals surface area contributed by atoms with Crippen molar-refractivity contribution in [3.63, 3.8) is 0 Å². The maximum atomic E-state index is 12.4. The van der Waals surface area contributed by atoms with E-state index in [1.165, 1.54) is 42.3 Å². The number of rotatable bonds is 14. The molecule has 2 heterocycles. The van der Waals surface area contributed by atoms with Crippen molar-refractivity contribution in [3.8, 4) is 0 Å². The Morgan fingerprint density at radius 2 is 1.31 bits per heavy atom. The topological polar surface area (TPSA) is 63.0 Å². The predicted molar refractivity (Wildman–Crippen MR) is 265 cm³/mol. The molecule has 0 unspecified atom stereocenters. The lowest BCUT2D eigenvalue weighted by Gasteiger charge is -2.28. The van der Waals surface area contributed by atoms with Crippen molar-refractivity contribution in [2.75, 3.05) is 29.6 Å². The van der Waals surface area contributed by atoms with Gasteiger partial charge in [0, 0.05) is 44.9 Å². The van der Waals surface area contributed by atoms with Gasteiger partial charge in [-0.1, -0.05) is 133 Å². The SMILES string of the molecule is C=C(C)C(=O)OCCN1C(=CC=C2CCC(C=Cc3sc4c5ccccc5ccc4[n+]3CCOC(=O)C(=C)C)=C2N(c2ccccc2)c2ccccc2)Sc2c1ccc1ccccc21. The van der Waals surface area contributed by atoms with Gasteiger partial charge in [0.05, 0.1) is 23.0 Å².